The Kier molecular flexibility index (Phi) is 3.40. The number of aromatic nitrogens is 2. The van der Waals surface area contributed by atoms with Crippen molar-refractivity contribution in [1.82, 2.24) is 14.7 Å². The molecule has 2 rings (SSSR count). The summed E-state index contributed by atoms with van der Waals surface area (Å²) in [5, 5.41) is 3.78. The van der Waals surface area contributed by atoms with Crippen molar-refractivity contribution in [3.8, 4) is 0 Å². The Hall–Kier alpha value is -1.04. The van der Waals surface area contributed by atoms with Gasteiger partial charge in [0, 0.05) is 12.2 Å². The minimum Gasteiger partial charge on any atom is -0.304 e. The van der Waals surface area contributed by atoms with Crippen LogP contribution in [0.15, 0.2) is 6.07 Å². The van der Waals surface area contributed by atoms with Gasteiger partial charge in [-0.1, -0.05) is 13.8 Å². The second-order valence-corrected chi connectivity index (χ2v) is 5.26. The molecular weight excluding hydrogens is 243 g/mol. The van der Waals surface area contributed by atoms with E-state index in [1.165, 1.54) is 6.07 Å². The van der Waals surface area contributed by atoms with E-state index in [0.29, 0.717) is 5.69 Å². The first-order valence-electron chi connectivity index (χ1n) is 6.14. The van der Waals surface area contributed by atoms with Gasteiger partial charge in [0.25, 0.3) is 0 Å². The third-order valence-corrected chi connectivity index (χ3v) is 3.36. The zero-order valence-electron chi connectivity index (χ0n) is 10.8. The highest BCUT2D eigenvalue weighted by atomic mass is 19.4. The quantitative estimate of drug-likeness (QED) is 0.816. The molecule has 1 aromatic rings. The molecule has 0 saturated carbocycles. The number of nitrogens with zero attached hydrogens (tertiary/aromatic N) is 3. The zero-order valence-corrected chi connectivity index (χ0v) is 10.8. The SMILES string of the molecule is CC(C)c1cc(C(F)(F)F)nn1C1CCN(C)C1. The number of likely N-dealkylation sites (tertiary alicyclic amines) is 1. The van der Waals surface area contributed by atoms with Gasteiger partial charge < -0.3 is 4.90 Å². The lowest BCUT2D eigenvalue weighted by atomic mass is 10.1. The fourth-order valence-corrected chi connectivity index (χ4v) is 2.38. The Labute approximate surface area is 105 Å². The zero-order chi connectivity index (χ0) is 13.5. The molecule has 0 radical (unpaired) electrons. The van der Waals surface area contributed by atoms with E-state index in [1.54, 1.807) is 4.68 Å². The molecule has 1 aliphatic rings. The van der Waals surface area contributed by atoms with E-state index in [1.807, 2.05) is 20.9 Å². The first-order valence-corrected chi connectivity index (χ1v) is 6.14. The van der Waals surface area contributed by atoms with Gasteiger partial charge in [-0.05, 0) is 32.0 Å². The van der Waals surface area contributed by atoms with Crippen LogP contribution < -0.4 is 0 Å². The van der Waals surface area contributed by atoms with Crippen LogP contribution in [0.1, 0.15) is 43.6 Å². The maximum atomic E-state index is 12.7. The Balaban J connectivity index is 2.36. The lowest BCUT2D eigenvalue weighted by molar-refractivity contribution is -0.141. The second kappa shape index (κ2) is 4.57. The highest BCUT2D eigenvalue weighted by Gasteiger charge is 2.36. The predicted octanol–water partition coefficient (Wildman–Crippen LogP) is 2.90. The smallest absolute Gasteiger partial charge is 0.304 e. The van der Waals surface area contributed by atoms with Crippen molar-refractivity contribution in [2.75, 3.05) is 20.1 Å². The van der Waals surface area contributed by atoms with E-state index >= 15 is 0 Å². The standard InChI is InChI=1S/C12H18F3N3/c1-8(2)10-6-11(12(13,14)15)16-18(10)9-4-5-17(3)7-9/h6,8-9H,4-5,7H2,1-3H3. The van der Waals surface area contributed by atoms with Gasteiger partial charge in [-0.2, -0.15) is 18.3 Å². The Morgan fingerprint density at radius 3 is 2.50 bits per heavy atom. The van der Waals surface area contributed by atoms with Gasteiger partial charge >= 0.3 is 6.18 Å². The molecule has 0 aliphatic carbocycles. The van der Waals surface area contributed by atoms with E-state index in [0.717, 1.165) is 19.5 Å². The number of hydrogen-bond acceptors (Lipinski definition) is 2. The summed E-state index contributed by atoms with van der Waals surface area (Å²) in [4.78, 5) is 2.11. The number of rotatable bonds is 2. The van der Waals surface area contributed by atoms with Gasteiger partial charge in [0.05, 0.1) is 6.04 Å². The molecule has 1 fully saturated rings. The molecule has 1 aliphatic heterocycles. The Morgan fingerprint density at radius 2 is 2.06 bits per heavy atom. The summed E-state index contributed by atoms with van der Waals surface area (Å²) >= 11 is 0. The third kappa shape index (κ3) is 2.53. The van der Waals surface area contributed by atoms with Crippen molar-refractivity contribution < 1.29 is 13.2 Å². The summed E-state index contributed by atoms with van der Waals surface area (Å²) in [7, 11) is 1.98. The molecule has 18 heavy (non-hydrogen) atoms. The van der Waals surface area contributed by atoms with E-state index in [2.05, 4.69) is 10.00 Å². The van der Waals surface area contributed by atoms with Crippen molar-refractivity contribution >= 4 is 0 Å². The maximum absolute atomic E-state index is 12.7. The van der Waals surface area contributed by atoms with Crippen LogP contribution >= 0.6 is 0 Å². The van der Waals surface area contributed by atoms with Crippen LogP contribution in [0.2, 0.25) is 0 Å². The molecule has 0 amide bonds. The topological polar surface area (TPSA) is 21.1 Å². The van der Waals surface area contributed by atoms with Crippen LogP contribution in [-0.2, 0) is 6.18 Å². The monoisotopic (exact) mass is 261 g/mol. The largest absolute Gasteiger partial charge is 0.435 e. The minimum absolute atomic E-state index is 0.0412. The van der Waals surface area contributed by atoms with E-state index < -0.39 is 11.9 Å². The molecule has 0 aromatic carbocycles. The van der Waals surface area contributed by atoms with Crippen LogP contribution in [-0.4, -0.2) is 34.8 Å². The fraction of sp³-hybridized carbons (Fsp3) is 0.750. The van der Waals surface area contributed by atoms with Crippen molar-refractivity contribution in [2.24, 2.45) is 0 Å². The maximum Gasteiger partial charge on any atom is 0.435 e. The number of halogens is 3. The van der Waals surface area contributed by atoms with Crippen LogP contribution in [0.25, 0.3) is 0 Å². The molecule has 102 valence electrons. The molecule has 1 aromatic heterocycles. The van der Waals surface area contributed by atoms with E-state index in [9.17, 15) is 13.2 Å². The first-order chi connectivity index (χ1) is 8.29. The van der Waals surface area contributed by atoms with Gasteiger partial charge in [-0.25, -0.2) is 0 Å². The van der Waals surface area contributed by atoms with Crippen LogP contribution in [0, 0.1) is 0 Å². The molecule has 0 N–H and O–H groups in total. The molecule has 3 nitrogen and oxygen atoms in total. The van der Waals surface area contributed by atoms with Gasteiger partial charge in [-0.15, -0.1) is 0 Å². The number of likely N-dealkylation sites (N-methyl/N-ethyl adjacent to an activating group) is 1. The van der Waals surface area contributed by atoms with Gasteiger partial charge in [-0.3, -0.25) is 4.68 Å². The third-order valence-electron chi connectivity index (χ3n) is 3.36. The number of hydrogen-bond donors (Lipinski definition) is 0. The predicted molar refractivity (Wildman–Crippen MR) is 62.5 cm³/mol. The van der Waals surface area contributed by atoms with Crippen molar-refractivity contribution in [3.63, 3.8) is 0 Å². The average molecular weight is 261 g/mol. The van der Waals surface area contributed by atoms with E-state index in [4.69, 9.17) is 0 Å². The molecule has 2 heterocycles. The minimum atomic E-state index is -4.36. The highest BCUT2D eigenvalue weighted by Crippen LogP contribution is 2.33. The van der Waals surface area contributed by atoms with Crippen molar-refractivity contribution in [3.05, 3.63) is 17.5 Å². The summed E-state index contributed by atoms with van der Waals surface area (Å²) in [6, 6.07) is 1.24. The summed E-state index contributed by atoms with van der Waals surface area (Å²) in [5.74, 6) is 0.0412. The molecule has 0 bridgehead atoms. The fourth-order valence-electron chi connectivity index (χ4n) is 2.38. The lowest BCUT2D eigenvalue weighted by Gasteiger charge is -2.16. The van der Waals surface area contributed by atoms with Gasteiger partial charge in [0.1, 0.15) is 0 Å². The molecule has 1 unspecified atom stereocenters. The van der Waals surface area contributed by atoms with Gasteiger partial charge in [0.2, 0.25) is 0 Å². The molecule has 0 spiro atoms. The average Bonchev–Trinajstić information content (AvgIpc) is 2.81. The Morgan fingerprint density at radius 1 is 1.39 bits per heavy atom. The normalized spacial score (nSPS) is 22.1. The number of alkyl halides is 3. The second-order valence-electron chi connectivity index (χ2n) is 5.26. The van der Waals surface area contributed by atoms with Crippen molar-refractivity contribution in [1.29, 1.82) is 0 Å². The van der Waals surface area contributed by atoms with E-state index in [-0.39, 0.29) is 12.0 Å². The molecular formula is C12H18F3N3. The summed E-state index contributed by atoms with van der Waals surface area (Å²) in [6.45, 7) is 5.46. The summed E-state index contributed by atoms with van der Waals surface area (Å²) in [6.07, 6.45) is -3.51. The molecule has 1 saturated heterocycles. The highest BCUT2D eigenvalue weighted by molar-refractivity contribution is 5.17. The first kappa shape index (κ1) is 13.4. The van der Waals surface area contributed by atoms with Crippen LogP contribution in [0.3, 0.4) is 0 Å². The van der Waals surface area contributed by atoms with Crippen molar-refractivity contribution in [2.45, 2.75) is 38.4 Å². The van der Waals surface area contributed by atoms with Crippen LogP contribution in [0.4, 0.5) is 13.2 Å². The van der Waals surface area contributed by atoms with Crippen LogP contribution in [0.5, 0.6) is 0 Å². The molecule has 6 heteroatoms. The molecule has 1 atom stereocenters. The van der Waals surface area contributed by atoms with Gasteiger partial charge in [0.15, 0.2) is 5.69 Å². The Bertz CT molecular complexity index is 423. The summed E-state index contributed by atoms with van der Waals surface area (Å²) < 4.78 is 39.7. The summed E-state index contributed by atoms with van der Waals surface area (Å²) in [5.41, 5.74) is -0.108. The lowest BCUT2D eigenvalue weighted by Crippen LogP contribution is -2.19.